The second kappa shape index (κ2) is 8.67. The van der Waals surface area contributed by atoms with Crippen molar-refractivity contribution in [1.29, 1.82) is 0 Å². The number of hydrogen-bond donors (Lipinski definition) is 1. The van der Waals surface area contributed by atoms with Crippen LogP contribution < -0.4 is 15.1 Å². The van der Waals surface area contributed by atoms with Crippen LogP contribution in [0.15, 0.2) is 60.7 Å². The van der Waals surface area contributed by atoms with Gasteiger partial charge in [-0.05, 0) is 35.4 Å². The monoisotopic (exact) mass is 447 g/mol. The third-order valence-electron chi connectivity index (χ3n) is 6.95. The lowest BCUT2D eigenvalue weighted by molar-refractivity contribution is -0.123. The Morgan fingerprint density at radius 2 is 1.88 bits per heavy atom. The maximum Gasteiger partial charge on any atom is 0.224 e. The number of nitrogens with zero attached hydrogens (tertiary/aromatic N) is 2. The number of hydrogen-bond acceptors (Lipinski definition) is 4. The fourth-order valence-corrected chi connectivity index (χ4v) is 5.24. The summed E-state index contributed by atoms with van der Waals surface area (Å²) in [5.41, 5.74) is 3.91. The molecule has 1 N–H and O–H groups in total. The van der Waals surface area contributed by atoms with E-state index in [1.165, 1.54) is 11.8 Å². The maximum absolute atomic E-state index is 14.0. The summed E-state index contributed by atoms with van der Waals surface area (Å²) in [7, 11) is 0. The van der Waals surface area contributed by atoms with Gasteiger partial charge in [0, 0.05) is 29.9 Å². The van der Waals surface area contributed by atoms with E-state index in [0.29, 0.717) is 6.42 Å². The van der Waals surface area contributed by atoms with Gasteiger partial charge in [-0.1, -0.05) is 56.4 Å². The molecule has 2 unspecified atom stereocenters. The maximum atomic E-state index is 14.0. The van der Waals surface area contributed by atoms with E-state index in [2.05, 4.69) is 59.3 Å². The SMILES string of the molecule is CC1(C)c2cc(F)ccc2N2C(C=CC=Cc3ccccc3N3CCOCC3)CC(=O)NC21. The number of carbonyl (C=O) groups is 1. The van der Waals surface area contributed by atoms with Crippen molar-refractivity contribution >= 4 is 23.4 Å². The number of allylic oxidation sites excluding steroid dienone is 2. The summed E-state index contributed by atoms with van der Waals surface area (Å²) in [6.45, 7) is 7.41. The summed E-state index contributed by atoms with van der Waals surface area (Å²) in [5.74, 6) is -0.226. The summed E-state index contributed by atoms with van der Waals surface area (Å²) >= 11 is 0. The zero-order chi connectivity index (χ0) is 23.0. The molecule has 3 aliphatic rings. The largest absolute Gasteiger partial charge is 0.378 e. The topological polar surface area (TPSA) is 44.8 Å². The number of carbonyl (C=O) groups excluding carboxylic acids is 1. The van der Waals surface area contributed by atoms with Crippen LogP contribution in [0.4, 0.5) is 15.8 Å². The van der Waals surface area contributed by atoms with Crippen LogP contribution in [0.25, 0.3) is 6.08 Å². The first kappa shape index (κ1) is 21.7. The predicted molar refractivity (Wildman–Crippen MR) is 130 cm³/mol. The van der Waals surface area contributed by atoms with E-state index in [4.69, 9.17) is 4.74 Å². The molecule has 5 rings (SSSR count). The molecule has 5 nitrogen and oxygen atoms in total. The van der Waals surface area contributed by atoms with Crippen LogP contribution in [-0.2, 0) is 14.9 Å². The molecule has 172 valence electrons. The zero-order valence-corrected chi connectivity index (χ0v) is 19.1. The van der Waals surface area contributed by atoms with Crippen molar-refractivity contribution in [3.63, 3.8) is 0 Å². The molecule has 3 heterocycles. The van der Waals surface area contributed by atoms with Crippen molar-refractivity contribution in [2.24, 2.45) is 0 Å². The highest BCUT2D eigenvalue weighted by molar-refractivity contribution is 5.83. The standard InChI is InChI=1S/C27H30FN3O2/c1-27(2)22-17-20(28)11-12-24(22)31-21(18-25(32)29-26(27)31)9-5-3-7-19-8-4-6-10-23(19)30-13-15-33-16-14-30/h3-12,17,21,26H,13-16,18H2,1-2H3,(H,29,32). The molecule has 0 bridgehead atoms. The quantitative estimate of drug-likeness (QED) is 0.712. The van der Waals surface area contributed by atoms with Crippen LogP contribution in [0, 0.1) is 5.82 Å². The van der Waals surface area contributed by atoms with E-state index in [9.17, 15) is 9.18 Å². The van der Waals surface area contributed by atoms with Crippen molar-refractivity contribution in [3.05, 3.63) is 77.6 Å². The predicted octanol–water partition coefficient (Wildman–Crippen LogP) is 4.24. The van der Waals surface area contributed by atoms with Crippen LogP contribution in [-0.4, -0.2) is 44.4 Å². The number of morpholine rings is 1. The number of para-hydroxylation sites is 1. The molecular weight excluding hydrogens is 417 g/mol. The number of anilines is 2. The highest BCUT2D eigenvalue weighted by Crippen LogP contribution is 2.47. The van der Waals surface area contributed by atoms with Gasteiger partial charge in [0.15, 0.2) is 0 Å². The van der Waals surface area contributed by atoms with Crippen molar-refractivity contribution in [2.75, 3.05) is 36.1 Å². The first-order valence-corrected chi connectivity index (χ1v) is 11.6. The molecule has 2 aromatic rings. The van der Waals surface area contributed by atoms with E-state index in [0.717, 1.165) is 43.1 Å². The van der Waals surface area contributed by atoms with E-state index >= 15 is 0 Å². The van der Waals surface area contributed by atoms with Gasteiger partial charge in [0.05, 0.1) is 25.7 Å². The Bertz CT molecular complexity index is 1100. The molecule has 0 radical (unpaired) electrons. The van der Waals surface area contributed by atoms with Gasteiger partial charge in [0.1, 0.15) is 12.0 Å². The summed E-state index contributed by atoms with van der Waals surface area (Å²) < 4.78 is 19.5. The average molecular weight is 448 g/mol. The minimum absolute atomic E-state index is 0.0221. The van der Waals surface area contributed by atoms with Crippen molar-refractivity contribution < 1.29 is 13.9 Å². The fourth-order valence-electron chi connectivity index (χ4n) is 5.24. The normalized spacial score (nSPS) is 24.3. The lowest BCUT2D eigenvalue weighted by atomic mass is 9.83. The van der Waals surface area contributed by atoms with Gasteiger partial charge in [-0.25, -0.2) is 4.39 Å². The van der Waals surface area contributed by atoms with E-state index < -0.39 is 0 Å². The number of rotatable bonds is 4. The molecule has 0 spiro atoms. The summed E-state index contributed by atoms with van der Waals surface area (Å²) in [5, 5.41) is 3.12. The summed E-state index contributed by atoms with van der Waals surface area (Å²) in [6.07, 6.45) is 8.42. The molecule has 2 atom stereocenters. The summed E-state index contributed by atoms with van der Waals surface area (Å²) in [6, 6.07) is 13.2. The molecule has 0 aromatic heterocycles. The van der Waals surface area contributed by atoms with Gasteiger partial charge in [0.2, 0.25) is 5.91 Å². The second-order valence-corrected chi connectivity index (χ2v) is 9.43. The van der Waals surface area contributed by atoms with Crippen molar-refractivity contribution in [2.45, 2.75) is 37.9 Å². The number of nitrogens with one attached hydrogen (secondary N) is 1. The third-order valence-corrected chi connectivity index (χ3v) is 6.95. The molecule has 2 fully saturated rings. The van der Waals surface area contributed by atoms with E-state index in [1.54, 1.807) is 6.07 Å². The van der Waals surface area contributed by atoms with Crippen LogP contribution in [0.1, 0.15) is 31.4 Å². The average Bonchev–Trinajstić information content (AvgIpc) is 3.04. The molecule has 33 heavy (non-hydrogen) atoms. The minimum Gasteiger partial charge on any atom is -0.378 e. The van der Waals surface area contributed by atoms with Gasteiger partial charge in [-0.3, -0.25) is 4.79 Å². The number of halogens is 1. The number of fused-ring (bicyclic) bond motifs is 3. The second-order valence-electron chi connectivity index (χ2n) is 9.43. The van der Waals surface area contributed by atoms with Gasteiger partial charge in [0.25, 0.3) is 0 Å². The third kappa shape index (κ3) is 4.04. The first-order valence-electron chi connectivity index (χ1n) is 11.6. The van der Waals surface area contributed by atoms with Crippen LogP contribution >= 0.6 is 0 Å². The molecular formula is C27H30FN3O2. The Labute approximate surface area is 194 Å². The Morgan fingerprint density at radius 3 is 2.70 bits per heavy atom. The molecule has 0 aliphatic carbocycles. The minimum atomic E-state index is -0.382. The Morgan fingerprint density at radius 1 is 1.09 bits per heavy atom. The molecule has 3 aliphatic heterocycles. The lowest BCUT2D eigenvalue weighted by Crippen LogP contribution is -2.61. The highest BCUT2D eigenvalue weighted by atomic mass is 19.1. The van der Waals surface area contributed by atoms with Crippen LogP contribution in [0.2, 0.25) is 0 Å². The number of ether oxygens (including phenoxy) is 1. The Kier molecular flexibility index (Phi) is 5.71. The summed E-state index contributed by atoms with van der Waals surface area (Å²) in [4.78, 5) is 17.1. The van der Waals surface area contributed by atoms with E-state index in [-0.39, 0.29) is 29.3 Å². The molecule has 6 heteroatoms. The Balaban J connectivity index is 1.38. The molecule has 2 saturated heterocycles. The van der Waals surface area contributed by atoms with Gasteiger partial charge in [-0.15, -0.1) is 0 Å². The first-order chi connectivity index (χ1) is 15.9. The zero-order valence-electron chi connectivity index (χ0n) is 19.1. The molecule has 2 aromatic carbocycles. The van der Waals surface area contributed by atoms with Crippen LogP contribution in [0.5, 0.6) is 0 Å². The molecule has 0 saturated carbocycles. The smallest absolute Gasteiger partial charge is 0.224 e. The fraction of sp³-hybridized carbons (Fsp3) is 0.370. The highest BCUT2D eigenvalue weighted by Gasteiger charge is 2.50. The van der Waals surface area contributed by atoms with Gasteiger partial charge >= 0.3 is 0 Å². The van der Waals surface area contributed by atoms with Crippen molar-refractivity contribution in [3.8, 4) is 0 Å². The van der Waals surface area contributed by atoms with Gasteiger partial charge < -0.3 is 19.9 Å². The van der Waals surface area contributed by atoms with E-state index in [1.807, 2.05) is 24.3 Å². The number of amides is 1. The van der Waals surface area contributed by atoms with Crippen molar-refractivity contribution in [1.82, 2.24) is 5.32 Å². The lowest BCUT2D eigenvalue weighted by Gasteiger charge is -2.42. The molecule has 1 amide bonds. The number of benzene rings is 2. The van der Waals surface area contributed by atoms with Crippen LogP contribution in [0.3, 0.4) is 0 Å². The van der Waals surface area contributed by atoms with Gasteiger partial charge in [-0.2, -0.15) is 0 Å². The Hall–Kier alpha value is -3.12.